The molecular weight excluding hydrogens is 241 g/mol. The Balaban J connectivity index is 2.09. The van der Waals surface area contributed by atoms with Crippen molar-refractivity contribution in [3.63, 3.8) is 0 Å². The van der Waals surface area contributed by atoms with Crippen LogP contribution in [0.5, 0.6) is 0 Å². The van der Waals surface area contributed by atoms with Crippen molar-refractivity contribution in [2.75, 3.05) is 7.05 Å². The Morgan fingerprint density at radius 2 is 1.95 bits per heavy atom. The third-order valence-electron chi connectivity index (χ3n) is 2.83. The molecule has 4 heteroatoms. The van der Waals surface area contributed by atoms with Gasteiger partial charge in [-0.15, -0.1) is 0 Å². The van der Waals surface area contributed by atoms with E-state index in [4.69, 9.17) is 5.26 Å². The van der Waals surface area contributed by atoms with Crippen LogP contribution in [0.15, 0.2) is 42.7 Å². The zero-order chi connectivity index (χ0) is 13.7. The molecule has 0 amide bonds. The minimum absolute atomic E-state index is 0.314. The van der Waals surface area contributed by atoms with Crippen molar-refractivity contribution in [2.45, 2.75) is 13.1 Å². The van der Waals surface area contributed by atoms with Gasteiger partial charge in [-0.3, -0.25) is 9.88 Å². The number of hydrogen-bond donors (Lipinski definition) is 0. The zero-order valence-electron chi connectivity index (χ0n) is 10.7. The largest absolute Gasteiger partial charge is 0.298 e. The molecule has 0 saturated carbocycles. The highest BCUT2D eigenvalue weighted by atomic mass is 19.1. The first-order valence-electron chi connectivity index (χ1n) is 5.95. The van der Waals surface area contributed by atoms with E-state index in [0.717, 1.165) is 12.1 Å². The molecule has 0 aliphatic rings. The summed E-state index contributed by atoms with van der Waals surface area (Å²) in [4.78, 5) is 6.00. The molecule has 0 spiro atoms. The second-order valence-corrected chi connectivity index (χ2v) is 4.44. The SMILES string of the molecule is CN(Cc1ccncc1)Cc1cc(F)ccc1C#N. The number of benzene rings is 1. The molecule has 0 N–H and O–H groups in total. The minimum atomic E-state index is -0.314. The van der Waals surface area contributed by atoms with E-state index in [-0.39, 0.29) is 5.82 Å². The van der Waals surface area contributed by atoms with Gasteiger partial charge >= 0.3 is 0 Å². The first-order valence-corrected chi connectivity index (χ1v) is 5.95. The van der Waals surface area contributed by atoms with E-state index in [9.17, 15) is 4.39 Å². The molecule has 0 aliphatic heterocycles. The summed E-state index contributed by atoms with van der Waals surface area (Å²) < 4.78 is 13.2. The van der Waals surface area contributed by atoms with Gasteiger partial charge in [0.1, 0.15) is 5.82 Å². The quantitative estimate of drug-likeness (QED) is 0.843. The molecule has 2 rings (SSSR count). The second-order valence-electron chi connectivity index (χ2n) is 4.44. The molecule has 0 unspecified atom stereocenters. The van der Waals surface area contributed by atoms with Crippen LogP contribution in [-0.2, 0) is 13.1 Å². The van der Waals surface area contributed by atoms with E-state index in [0.29, 0.717) is 17.7 Å². The highest BCUT2D eigenvalue weighted by Crippen LogP contribution is 2.14. The molecule has 96 valence electrons. The number of rotatable bonds is 4. The fourth-order valence-electron chi connectivity index (χ4n) is 1.95. The number of nitrogens with zero attached hydrogens (tertiary/aromatic N) is 3. The van der Waals surface area contributed by atoms with Gasteiger partial charge in [0, 0.05) is 25.5 Å². The predicted octanol–water partition coefficient (Wildman–Crippen LogP) is 2.72. The van der Waals surface area contributed by atoms with Crippen LogP contribution < -0.4 is 0 Å². The van der Waals surface area contributed by atoms with Gasteiger partial charge in [0.2, 0.25) is 0 Å². The third-order valence-corrected chi connectivity index (χ3v) is 2.83. The maximum absolute atomic E-state index is 13.2. The fourth-order valence-corrected chi connectivity index (χ4v) is 1.95. The molecule has 0 saturated heterocycles. The summed E-state index contributed by atoms with van der Waals surface area (Å²) in [7, 11) is 1.94. The van der Waals surface area contributed by atoms with E-state index >= 15 is 0 Å². The van der Waals surface area contributed by atoms with Gasteiger partial charge in [0.05, 0.1) is 11.6 Å². The first-order chi connectivity index (χ1) is 9.19. The predicted molar refractivity (Wildman–Crippen MR) is 70.5 cm³/mol. The average Bonchev–Trinajstić information content (AvgIpc) is 2.40. The number of aromatic nitrogens is 1. The highest BCUT2D eigenvalue weighted by Gasteiger charge is 2.07. The maximum Gasteiger partial charge on any atom is 0.123 e. The molecule has 2 aromatic rings. The van der Waals surface area contributed by atoms with Crippen molar-refractivity contribution >= 4 is 0 Å². The molecule has 0 aliphatic carbocycles. The molecule has 0 fully saturated rings. The lowest BCUT2D eigenvalue weighted by Gasteiger charge is -2.17. The molecule has 3 nitrogen and oxygen atoms in total. The summed E-state index contributed by atoms with van der Waals surface area (Å²) in [5.41, 5.74) is 2.36. The number of halogens is 1. The first kappa shape index (κ1) is 13.2. The van der Waals surface area contributed by atoms with Crippen LogP contribution in [0.3, 0.4) is 0 Å². The van der Waals surface area contributed by atoms with Crippen molar-refractivity contribution in [1.29, 1.82) is 5.26 Å². The summed E-state index contributed by atoms with van der Waals surface area (Å²) in [6.45, 7) is 1.26. The van der Waals surface area contributed by atoms with E-state index in [1.54, 1.807) is 12.4 Å². The smallest absolute Gasteiger partial charge is 0.123 e. The Labute approximate surface area is 111 Å². The number of nitriles is 1. The van der Waals surface area contributed by atoms with Gasteiger partial charge in [-0.05, 0) is 48.5 Å². The average molecular weight is 255 g/mol. The molecule has 0 radical (unpaired) electrons. The van der Waals surface area contributed by atoms with E-state index < -0.39 is 0 Å². The Bertz CT molecular complexity index is 590. The molecule has 0 atom stereocenters. The van der Waals surface area contributed by atoms with Gasteiger partial charge in [-0.25, -0.2) is 4.39 Å². The lowest BCUT2D eigenvalue weighted by Crippen LogP contribution is -2.18. The topological polar surface area (TPSA) is 39.9 Å². The monoisotopic (exact) mass is 255 g/mol. The summed E-state index contributed by atoms with van der Waals surface area (Å²) in [6, 6.07) is 10.2. The molecule has 0 bridgehead atoms. The van der Waals surface area contributed by atoms with Gasteiger partial charge in [-0.1, -0.05) is 0 Å². The molecule has 1 aromatic heterocycles. The van der Waals surface area contributed by atoms with Crippen LogP contribution >= 0.6 is 0 Å². The minimum Gasteiger partial charge on any atom is -0.298 e. The van der Waals surface area contributed by atoms with Crippen molar-refractivity contribution < 1.29 is 4.39 Å². The Morgan fingerprint density at radius 1 is 1.21 bits per heavy atom. The van der Waals surface area contributed by atoms with Crippen LogP contribution in [0.1, 0.15) is 16.7 Å². The summed E-state index contributed by atoms with van der Waals surface area (Å²) >= 11 is 0. The third kappa shape index (κ3) is 3.60. The fraction of sp³-hybridized carbons (Fsp3) is 0.200. The molecule has 1 heterocycles. The Kier molecular flexibility index (Phi) is 4.22. The lowest BCUT2D eigenvalue weighted by atomic mass is 10.1. The second kappa shape index (κ2) is 6.07. The Hall–Kier alpha value is -2.25. The van der Waals surface area contributed by atoms with Crippen LogP contribution in [0.2, 0.25) is 0 Å². The molecular formula is C15H14FN3. The standard InChI is InChI=1S/C15H14FN3/c1-19(10-12-4-6-18-7-5-12)11-14-8-15(16)3-2-13(14)9-17/h2-8H,10-11H2,1H3. The molecule has 1 aromatic carbocycles. The van der Waals surface area contributed by atoms with Crippen LogP contribution in [0, 0.1) is 17.1 Å². The van der Waals surface area contributed by atoms with Gasteiger partial charge in [0.15, 0.2) is 0 Å². The van der Waals surface area contributed by atoms with Crippen molar-refractivity contribution in [3.8, 4) is 6.07 Å². The van der Waals surface area contributed by atoms with Crippen molar-refractivity contribution in [1.82, 2.24) is 9.88 Å². The van der Waals surface area contributed by atoms with Gasteiger partial charge < -0.3 is 0 Å². The van der Waals surface area contributed by atoms with Gasteiger partial charge in [-0.2, -0.15) is 5.26 Å². The van der Waals surface area contributed by atoms with Crippen LogP contribution in [0.4, 0.5) is 4.39 Å². The van der Waals surface area contributed by atoms with E-state index in [2.05, 4.69) is 11.1 Å². The van der Waals surface area contributed by atoms with Crippen molar-refractivity contribution in [3.05, 3.63) is 65.2 Å². The lowest BCUT2D eigenvalue weighted by molar-refractivity contribution is 0.318. The van der Waals surface area contributed by atoms with E-state index in [1.165, 1.54) is 18.2 Å². The van der Waals surface area contributed by atoms with E-state index in [1.807, 2.05) is 24.1 Å². The maximum atomic E-state index is 13.2. The van der Waals surface area contributed by atoms with Crippen LogP contribution in [-0.4, -0.2) is 16.9 Å². The number of hydrogen-bond acceptors (Lipinski definition) is 3. The summed E-state index contributed by atoms with van der Waals surface area (Å²) in [6.07, 6.45) is 3.48. The normalized spacial score (nSPS) is 10.4. The summed E-state index contributed by atoms with van der Waals surface area (Å²) in [5.74, 6) is -0.314. The van der Waals surface area contributed by atoms with Crippen LogP contribution in [0.25, 0.3) is 0 Å². The highest BCUT2D eigenvalue weighted by molar-refractivity contribution is 5.37. The molecule has 19 heavy (non-hydrogen) atoms. The Morgan fingerprint density at radius 3 is 2.63 bits per heavy atom. The van der Waals surface area contributed by atoms with Crippen molar-refractivity contribution in [2.24, 2.45) is 0 Å². The summed E-state index contributed by atoms with van der Waals surface area (Å²) in [5, 5.41) is 9.01. The number of pyridine rings is 1. The van der Waals surface area contributed by atoms with Gasteiger partial charge in [0.25, 0.3) is 0 Å². The zero-order valence-corrected chi connectivity index (χ0v) is 10.7.